The number of non-ortho nitro benzene ring substituents is 1. The summed E-state index contributed by atoms with van der Waals surface area (Å²) in [7, 11) is 0. The van der Waals surface area contributed by atoms with Gasteiger partial charge in [-0.15, -0.1) is 0 Å². The second-order valence-electron chi connectivity index (χ2n) is 7.50. The van der Waals surface area contributed by atoms with Crippen LogP contribution in [-0.4, -0.2) is 22.0 Å². The molecular formula is C25H21N5O3S. The zero-order chi connectivity index (χ0) is 23.9. The van der Waals surface area contributed by atoms with Gasteiger partial charge in [-0.05, 0) is 12.5 Å². The van der Waals surface area contributed by atoms with Gasteiger partial charge in [0.25, 0.3) is 5.69 Å². The van der Waals surface area contributed by atoms with Crippen LogP contribution in [-0.2, 0) is 11.2 Å². The molecule has 8 nitrogen and oxygen atoms in total. The van der Waals surface area contributed by atoms with Crippen molar-refractivity contribution in [3.8, 4) is 11.3 Å². The van der Waals surface area contributed by atoms with Crippen molar-refractivity contribution >= 4 is 39.3 Å². The fraction of sp³-hybridized carbons (Fsp3) is 0.0800. The normalized spacial score (nSPS) is 10.9. The van der Waals surface area contributed by atoms with Crippen LogP contribution in [0.3, 0.4) is 0 Å². The predicted octanol–water partition coefficient (Wildman–Crippen LogP) is 5.65. The first-order valence-electron chi connectivity index (χ1n) is 10.4. The number of aryl methyl sites for hydroxylation is 1. The number of nitrogens with zero attached hydrogens (tertiary/aromatic N) is 3. The highest BCUT2D eigenvalue weighted by molar-refractivity contribution is 7.20. The number of carbonyl (C=O) groups excluding carboxylic acids is 1. The lowest BCUT2D eigenvalue weighted by Crippen LogP contribution is -2.14. The summed E-state index contributed by atoms with van der Waals surface area (Å²) in [5, 5.41) is 19.2. The van der Waals surface area contributed by atoms with Crippen LogP contribution >= 0.6 is 11.3 Å². The summed E-state index contributed by atoms with van der Waals surface area (Å²) in [6.07, 6.45) is 1.73. The third kappa shape index (κ3) is 5.90. The Hall–Kier alpha value is -4.37. The van der Waals surface area contributed by atoms with E-state index in [-0.39, 0.29) is 18.0 Å². The molecule has 1 heterocycles. The fourth-order valence-electron chi connectivity index (χ4n) is 3.19. The van der Waals surface area contributed by atoms with E-state index in [0.29, 0.717) is 21.4 Å². The van der Waals surface area contributed by atoms with E-state index in [1.165, 1.54) is 29.7 Å². The minimum atomic E-state index is -0.455. The zero-order valence-corrected chi connectivity index (χ0v) is 19.1. The second kappa shape index (κ2) is 10.5. The van der Waals surface area contributed by atoms with E-state index in [1.54, 1.807) is 12.1 Å². The first-order chi connectivity index (χ1) is 16.5. The minimum absolute atomic E-state index is 0.0109. The van der Waals surface area contributed by atoms with E-state index < -0.39 is 4.92 Å². The molecule has 0 aliphatic heterocycles. The smallest absolute Gasteiger partial charge is 0.270 e. The summed E-state index contributed by atoms with van der Waals surface area (Å²) in [5.41, 5.74) is 6.97. The van der Waals surface area contributed by atoms with Crippen molar-refractivity contribution in [2.24, 2.45) is 5.10 Å². The highest BCUT2D eigenvalue weighted by atomic mass is 32.1. The molecule has 0 unspecified atom stereocenters. The number of nitro groups is 1. The van der Waals surface area contributed by atoms with E-state index in [2.05, 4.69) is 20.8 Å². The molecule has 1 aromatic heterocycles. The quantitative estimate of drug-likeness (QED) is 0.196. The summed E-state index contributed by atoms with van der Waals surface area (Å²) in [6, 6.07) is 23.5. The Morgan fingerprint density at radius 1 is 1.09 bits per heavy atom. The summed E-state index contributed by atoms with van der Waals surface area (Å²) in [5.74, 6) is -0.144. The van der Waals surface area contributed by atoms with Crippen LogP contribution in [0.25, 0.3) is 11.3 Å². The maximum atomic E-state index is 12.7. The number of hydrogen-bond donors (Lipinski definition) is 2. The van der Waals surface area contributed by atoms with Gasteiger partial charge in [0.1, 0.15) is 10.7 Å². The van der Waals surface area contributed by atoms with E-state index >= 15 is 0 Å². The van der Waals surface area contributed by atoms with Crippen molar-refractivity contribution < 1.29 is 9.72 Å². The van der Waals surface area contributed by atoms with Crippen LogP contribution in [0.15, 0.2) is 84.0 Å². The average Bonchev–Trinajstić information content (AvgIpc) is 3.22. The van der Waals surface area contributed by atoms with Crippen LogP contribution in [0.4, 0.5) is 15.8 Å². The molecule has 170 valence electrons. The highest BCUT2D eigenvalue weighted by Crippen LogP contribution is 2.36. The molecule has 34 heavy (non-hydrogen) atoms. The molecule has 0 atom stereocenters. The maximum absolute atomic E-state index is 12.7. The van der Waals surface area contributed by atoms with Crippen LogP contribution in [0.2, 0.25) is 0 Å². The SMILES string of the molecule is Cc1ccc(-c2nc(N/N=C\c3cccc([N+](=O)[O-])c3)sc2NC(=O)Cc2ccccc2)cc1. The topological polar surface area (TPSA) is 110 Å². The molecule has 0 spiro atoms. The lowest BCUT2D eigenvalue weighted by atomic mass is 10.1. The van der Waals surface area contributed by atoms with Crippen molar-refractivity contribution in [3.05, 3.63) is 106 Å². The van der Waals surface area contributed by atoms with Gasteiger partial charge in [0.05, 0.1) is 17.6 Å². The molecule has 3 aromatic carbocycles. The van der Waals surface area contributed by atoms with Gasteiger partial charge in [-0.25, -0.2) is 4.98 Å². The zero-order valence-electron chi connectivity index (χ0n) is 18.3. The van der Waals surface area contributed by atoms with Gasteiger partial charge >= 0.3 is 0 Å². The van der Waals surface area contributed by atoms with E-state index in [0.717, 1.165) is 16.7 Å². The number of nitrogens with one attached hydrogen (secondary N) is 2. The highest BCUT2D eigenvalue weighted by Gasteiger charge is 2.16. The molecular weight excluding hydrogens is 450 g/mol. The van der Waals surface area contributed by atoms with E-state index in [9.17, 15) is 14.9 Å². The van der Waals surface area contributed by atoms with Gasteiger partial charge in [-0.3, -0.25) is 20.3 Å². The van der Waals surface area contributed by atoms with Crippen LogP contribution in [0.5, 0.6) is 0 Å². The number of hydrogen-bond acceptors (Lipinski definition) is 7. The van der Waals surface area contributed by atoms with Crippen LogP contribution in [0, 0.1) is 17.0 Å². The monoisotopic (exact) mass is 471 g/mol. The fourth-order valence-corrected chi connectivity index (χ4v) is 4.05. The Kier molecular flexibility index (Phi) is 7.04. The number of nitro benzene ring substituents is 1. The first-order valence-corrected chi connectivity index (χ1v) is 11.2. The van der Waals surface area contributed by atoms with Gasteiger partial charge < -0.3 is 5.32 Å². The molecule has 0 saturated carbocycles. The van der Waals surface area contributed by atoms with Crippen molar-refractivity contribution in [3.63, 3.8) is 0 Å². The lowest BCUT2D eigenvalue weighted by molar-refractivity contribution is -0.384. The second-order valence-corrected chi connectivity index (χ2v) is 8.49. The first kappa shape index (κ1) is 22.8. The maximum Gasteiger partial charge on any atom is 0.270 e. The number of thiazole rings is 1. The molecule has 2 N–H and O–H groups in total. The number of carbonyl (C=O) groups is 1. The molecule has 0 aliphatic rings. The molecule has 4 rings (SSSR count). The summed E-state index contributed by atoms with van der Waals surface area (Å²) in [6.45, 7) is 2.00. The van der Waals surface area contributed by atoms with Crippen molar-refractivity contribution in [2.75, 3.05) is 10.7 Å². The standard InChI is InChI=1S/C25H21N5O3S/c1-17-10-12-20(13-11-17)23-24(27-22(31)15-18-6-3-2-4-7-18)34-25(28-23)29-26-16-19-8-5-9-21(14-19)30(32)33/h2-14,16H,15H2,1H3,(H,27,31)(H,28,29)/b26-16-. The Morgan fingerprint density at radius 2 is 1.85 bits per heavy atom. The number of benzene rings is 3. The Labute approximate surface area is 200 Å². The number of aromatic nitrogens is 1. The summed E-state index contributed by atoms with van der Waals surface area (Å²) < 4.78 is 0. The predicted molar refractivity (Wildman–Crippen MR) is 135 cm³/mol. The summed E-state index contributed by atoms with van der Waals surface area (Å²) >= 11 is 1.26. The number of anilines is 2. The average molecular weight is 472 g/mol. The summed E-state index contributed by atoms with van der Waals surface area (Å²) in [4.78, 5) is 27.8. The van der Waals surface area contributed by atoms with Gasteiger partial charge in [0.15, 0.2) is 0 Å². The van der Waals surface area contributed by atoms with Crippen molar-refractivity contribution in [2.45, 2.75) is 13.3 Å². The Balaban J connectivity index is 1.54. The molecule has 0 radical (unpaired) electrons. The third-order valence-electron chi connectivity index (χ3n) is 4.87. The Morgan fingerprint density at radius 3 is 2.59 bits per heavy atom. The van der Waals surface area contributed by atoms with Crippen LogP contribution in [0.1, 0.15) is 16.7 Å². The number of rotatable bonds is 8. The lowest BCUT2D eigenvalue weighted by Gasteiger charge is -2.06. The molecule has 0 fully saturated rings. The minimum Gasteiger partial charge on any atom is -0.316 e. The molecule has 0 saturated heterocycles. The molecule has 1 amide bonds. The van der Waals surface area contributed by atoms with E-state index in [4.69, 9.17) is 0 Å². The molecule has 4 aromatic rings. The van der Waals surface area contributed by atoms with Crippen LogP contribution < -0.4 is 10.7 Å². The van der Waals surface area contributed by atoms with E-state index in [1.807, 2.05) is 61.5 Å². The van der Waals surface area contributed by atoms with Crippen molar-refractivity contribution in [1.82, 2.24) is 4.98 Å². The molecule has 0 bridgehead atoms. The number of hydrazone groups is 1. The molecule has 9 heteroatoms. The van der Waals surface area contributed by atoms with Crippen molar-refractivity contribution in [1.29, 1.82) is 0 Å². The van der Waals surface area contributed by atoms with Gasteiger partial charge in [0.2, 0.25) is 11.0 Å². The molecule has 0 aliphatic carbocycles. The van der Waals surface area contributed by atoms with Gasteiger partial charge in [-0.1, -0.05) is 83.6 Å². The van der Waals surface area contributed by atoms with Gasteiger partial charge in [0, 0.05) is 23.3 Å². The third-order valence-corrected chi connectivity index (χ3v) is 5.74. The van der Waals surface area contributed by atoms with Gasteiger partial charge in [-0.2, -0.15) is 5.10 Å². The number of amides is 1. The Bertz CT molecular complexity index is 1330. The largest absolute Gasteiger partial charge is 0.316 e.